The molecule has 0 saturated carbocycles. The summed E-state index contributed by atoms with van der Waals surface area (Å²) in [5.41, 5.74) is 13.6. The predicted octanol–water partition coefficient (Wildman–Crippen LogP) is 19.0. The zero-order valence-electron chi connectivity index (χ0n) is 43.6. The molecule has 8 nitrogen and oxygen atoms in total. The number of hydrogen-bond donors (Lipinski definition) is 0. The molecule has 382 valence electrons. The number of fused-ring (bicyclic) bond motifs is 13. The highest BCUT2D eigenvalue weighted by Gasteiger charge is 2.25. The Morgan fingerprint density at radius 1 is 0.244 bits per heavy atom. The lowest BCUT2D eigenvalue weighted by molar-refractivity contribution is 0.944. The van der Waals surface area contributed by atoms with E-state index in [1.165, 1.54) is 40.3 Å². The lowest BCUT2D eigenvalue weighted by Gasteiger charge is -2.15. The van der Waals surface area contributed by atoms with Gasteiger partial charge in [-0.15, -0.1) is 22.7 Å². The molecule has 0 amide bonds. The Morgan fingerprint density at radius 2 is 0.659 bits per heavy atom. The minimum Gasteiger partial charge on any atom is -0.307 e. The molecular weight excluding hydrogens is 1040 g/mol. The molecule has 17 aromatic rings. The fraction of sp³-hybridized carbons (Fsp3) is 0. The van der Waals surface area contributed by atoms with Crippen LogP contribution in [0.15, 0.2) is 255 Å². The van der Waals surface area contributed by atoms with Crippen LogP contribution in [0.3, 0.4) is 0 Å². The van der Waals surface area contributed by atoms with Crippen LogP contribution in [0.4, 0.5) is 0 Å². The predicted molar refractivity (Wildman–Crippen MR) is 340 cm³/mol. The zero-order valence-corrected chi connectivity index (χ0v) is 45.3. The average molecular weight is 1080 g/mol. The molecule has 0 unspecified atom stereocenters. The summed E-state index contributed by atoms with van der Waals surface area (Å²) < 4.78 is 9.70. The maximum Gasteiger partial charge on any atom is 0.238 e. The van der Waals surface area contributed by atoms with Crippen molar-refractivity contribution in [2.75, 3.05) is 0 Å². The maximum absolute atomic E-state index is 5.63. The molecule has 0 N–H and O–H groups in total. The molecule has 10 heteroatoms. The summed E-state index contributed by atoms with van der Waals surface area (Å²) in [4.78, 5) is 32.3. The van der Waals surface area contributed by atoms with Gasteiger partial charge in [0.15, 0.2) is 11.6 Å². The number of aromatic nitrogens is 8. The third kappa shape index (κ3) is 7.50. The number of hydrogen-bond acceptors (Lipinski definition) is 8. The van der Waals surface area contributed by atoms with Gasteiger partial charge in [0.2, 0.25) is 5.95 Å². The van der Waals surface area contributed by atoms with Gasteiger partial charge in [-0.25, -0.2) is 19.9 Å². The first-order chi connectivity index (χ1) is 40.6. The number of pyridine rings is 3. The highest BCUT2D eigenvalue weighted by atomic mass is 32.1. The van der Waals surface area contributed by atoms with Crippen LogP contribution in [0.25, 0.3) is 164 Å². The second-order valence-electron chi connectivity index (χ2n) is 20.6. The lowest BCUT2D eigenvalue weighted by atomic mass is 10.0. The molecule has 0 radical (unpaired) electrons. The van der Waals surface area contributed by atoms with Crippen molar-refractivity contribution in [1.82, 2.24) is 39.0 Å². The summed E-state index contributed by atoms with van der Waals surface area (Å²) in [5, 5.41) is 9.28. The molecule has 0 bridgehead atoms. The summed E-state index contributed by atoms with van der Waals surface area (Å²) in [6.07, 6.45) is 0. The van der Waals surface area contributed by atoms with Gasteiger partial charge in [-0.05, 0) is 84.9 Å². The first-order valence-electron chi connectivity index (χ1n) is 27.3. The largest absolute Gasteiger partial charge is 0.307 e. The summed E-state index contributed by atoms with van der Waals surface area (Å²) >= 11 is 3.65. The van der Waals surface area contributed by atoms with Crippen molar-refractivity contribution in [3.05, 3.63) is 255 Å². The van der Waals surface area contributed by atoms with E-state index in [-0.39, 0.29) is 0 Å². The highest BCUT2D eigenvalue weighted by Crippen LogP contribution is 2.44. The van der Waals surface area contributed by atoms with Crippen LogP contribution < -0.4 is 0 Å². The molecule has 9 aromatic carbocycles. The SMILES string of the molecule is c1ccc(-c2cccc(-c3nc(-c4cccc(-c5ccccc5)n4)nc(-n4c5ccccc5c5ccc6c7ccccc7n(-c7cc(-c8ccc9sc%10ccccc%10c9c8)nc(-c8ccc9sc%10ccccc%10c9c8)c7)c6c54)n3)n2)cc1. The van der Waals surface area contributed by atoms with Gasteiger partial charge in [0.25, 0.3) is 0 Å². The molecule has 0 atom stereocenters. The van der Waals surface area contributed by atoms with E-state index < -0.39 is 0 Å². The minimum absolute atomic E-state index is 0.428. The summed E-state index contributed by atoms with van der Waals surface area (Å²) in [6.45, 7) is 0. The summed E-state index contributed by atoms with van der Waals surface area (Å²) in [6, 6.07) is 89.8. The van der Waals surface area contributed by atoms with Crippen molar-refractivity contribution in [2.24, 2.45) is 0 Å². The Kier molecular flexibility index (Phi) is 10.5. The smallest absolute Gasteiger partial charge is 0.238 e. The van der Waals surface area contributed by atoms with Crippen molar-refractivity contribution in [3.8, 4) is 79.7 Å². The van der Waals surface area contributed by atoms with Gasteiger partial charge in [-0.3, -0.25) is 4.57 Å². The number of rotatable bonds is 8. The van der Waals surface area contributed by atoms with Crippen LogP contribution in [0.2, 0.25) is 0 Å². The van der Waals surface area contributed by atoms with Gasteiger partial charge < -0.3 is 4.57 Å². The lowest BCUT2D eigenvalue weighted by Crippen LogP contribution is -2.08. The number of benzene rings is 9. The monoisotopic (exact) mass is 1080 g/mol. The van der Waals surface area contributed by atoms with Gasteiger partial charge in [-0.2, -0.15) is 9.97 Å². The van der Waals surface area contributed by atoms with E-state index in [9.17, 15) is 0 Å². The van der Waals surface area contributed by atoms with Crippen LogP contribution in [-0.2, 0) is 0 Å². The first-order valence-corrected chi connectivity index (χ1v) is 28.9. The molecule has 0 spiro atoms. The van der Waals surface area contributed by atoms with Crippen molar-refractivity contribution in [1.29, 1.82) is 0 Å². The van der Waals surface area contributed by atoms with Gasteiger partial charge in [-0.1, -0.05) is 170 Å². The molecule has 0 saturated heterocycles. The molecule has 17 rings (SSSR count). The van der Waals surface area contributed by atoms with Crippen LogP contribution in [0.1, 0.15) is 0 Å². The van der Waals surface area contributed by atoms with E-state index in [4.69, 9.17) is 29.9 Å². The Balaban J connectivity index is 0.957. The van der Waals surface area contributed by atoms with E-state index in [0.29, 0.717) is 29.0 Å². The zero-order chi connectivity index (χ0) is 53.8. The summed E-state index contributed by atoms with van der Waals surface area (Å²) in [7, 11) is 0. The van der Waals surface area contributed by atoms with Crippen molar-refractivity contribution in [3.63, 3.8) is 0 Å². The van der Waals surface area contributed by atoms with Crippen molar-refractivity contribution < 1.29 is 0 Å². The Labute approximate surface area is 477 Å². The second-order valence-corrected chi connectivity index (χ2v) is 22.8. The molecule has 0 fully saturated rings. The van der Waals surface area contributed by atoms with Gasteiger partial charge in [0.05, 0.1) is 50.5 Å². The first kappa shape index (κ1) is 46.4. The van der Waals surface area contributed by atoms with Crippen LogP contribution in [-0.4, -0.2) is 39.0 Å². The topological polar surface area (TPSA) is 87.2 Å². The van der Waals surface area contributed by atoms with Crippen molar-refractivity contribution in [2.45, 2.75) is 0 Å². The van der Waals surface area contributed by atoms with Crippen LogP contribution in [0, 0.1) is 0 Å². The molecule has 82 heavy (non-hydrogen) atoms. The van der Waals surface area contributed by atoms with E-state index >= 15 is 0 Å². The number of nitrogens with zero attached hydrogens (tertiary/aromatic N) is 8. The van der Waals surface area contributed by atoms with Gasteiger partial charge in [0, 0.05) is 84.1 Å². The minimum atomic E-state index is 0.428. The summed E-state index contributed by atoms with van der Waals surface area (Å²) in [5.74, 6) is 1.30. The van der Waals surface area contributed by atoms with E-state index in [1.807, 2.05) is 95.5 Å². The van der Waals surface area contributed by atoms with E-state index in [0.717, 1.165) is 94.3 Å². The van der Waals surface area contributed by atoms with Gasteiger partial charge >= 0.3 is 0 Å². The third-order valence-corrected chi connectivity index (χ3v) is 18.1. The molecule has 0 aliphatic heterocycles. The van der Waals surface area contributed by atoms with Gasteiger partial charge in [0.1, 0.15) is 11.4 Å². The Bertz CT molecular complexity index is 5190. The standard InChI is InChI=1S/C72H42N8S2/c1-3-17-43(18-4-1)56-25-15-27-58(73-56)70-76-71(59-28-16-26-57(74-59)44-19-5-2-6-20-44)78-72(77-70)80-63-30-12-8-22-49(63)53-36-35-52-48-21-7-11-29-62(48)79(68(52)69(53)80)47-41-60(45-33-37-66-54(39-45)50-23-9-13-31-64(50)81-66)75-61(42-47)46-34-38-67-55(40-46)51-24-10-14-32-65(51)82-67/h1-42H. The van der Waals surface area contributed by atoms with Crippen LogP contribution >= 0.6 is 22.7 Å². The quantitative estimate of drug-likeness (QED) is 0.151. The molecule has 8 heterocycles. The molecule has 0 aliphatic rings. The second kappa shape index (κ2) is 18.5. The Morgan fingerprint density at radius 3 is 1.18 bits per heavy atom. The highest BCUT2D eigenvalue weighted by molar-refractivity contribution is 7.26. The van der Waals surface area contributed by atoms with Crippen LogP contribution in [0.5, 0.6) is 0 Å². The fourth-order valence-corrected chi connectivity index (χ4v) is 14.2. The number of thiophene rings is 2. The molecule has 8 aromatic heterocycles. The molecule has 0 aliphatic carbocycles. The van der Waals surface area contributed by atoms with E-state index in [1.54, 1.807) is 0 Å². The Hall–Kier alpha value is -10.5. The third-order valence-electron chi connectivity index (χ3n) is 15.8. The average Bonchev–Trinajstić information content (AvgIpc) is 3.74. The maximum atomic E-state index is 5.63. The fourth-order valence-electron chi connectivity index (χ4n) is 12.0. The number of para-hydroxylation sites is 2. The van der Waals surface area contributed by atoms with Crippen molar-refractivity contribution >= 4 is 107 Å². The normalized spacial score (nSPS) is 11.9. The molecular formula is C72H42N8S2. The van der Waals surface area contributed by atoms with E-state index in [2.05, 4.69) is 191 Å².